The number of hydrogen-bond donors (Lipinski definition) is 2. The van der Waals surface area contributed by atoms with Crippen molar-refractivity contribution in [3.8, 4) is 0 Å². The predicted octanol–water partition coefficient (Wildman–Crippen LogP) is 0.737. The zero-order chi connectivity index (χ0) is 14.0. The molecule has 0 saturated carbocycles. The number of sulfone groups is 1. The molecule has 0 atom stereocenters. The summed E-state index contributed by atoms with van der Waals surface area (Å²) in [6.45, 7) is 7.62. The highest BCUT2D eigenvalue weighted by Gasteiger charge is 2.48. The van der Waals surface area contributed by atoms with Crippen LogP contribution in [0.4, 0.5) is 0 Å². The third-order valence-corrected chi connectivity index (χ3v) is 5.33. The summed E-state index contributed by atoms with van der Waals surface area (Å²) in [5, 5.41) is 5.89. The molecule has 1 amide bonds. The monoisotopic (exact) mass is 312 g/mol. The average Bonchev–Trinajstić information content (AvgIpc) is 2.24. The van der Waals surface area contributed by atoms with E-state index in [0.29, 0.717) is 32.5 Å². The molecule has 0 unspecified atom stereocenters. The average molecular weight is 313 g/mol. The quantitative estimate of drug-likeness (QED) is 0.806. The fourth-order valence-electron chi connectivity index (χ4n) is 2.10. The number of carbonyl (C=O) groups excluding carboxylic acids is 1. The van der Waals surface area contributed by atoms with Crippen molar-refractivity contribution < 1.29 is 13.2 Å². The molecule has 1 heterocycles. The van der Waals surface area contributed by atoms with E-state index in [1.165, 1.54) is 0 Å². The Hall–Kier alpha value is -0.330. The van der Waals surface area contributed by atoms with Crippen molar-refractivity contribution in [1.82, 2.24) is 10.6 Å². The van der Waals surface area contributed by atoms with Gasteiger partial charge >= 0.3 is 0 Å². The van der Waals surface area contributed by atoms with Gasteiger partial charge in [0.1, 0.15) is 0 Å². The van der Waals surface area contributed by atoms with E-state index in [0.717, 1.165) is 6.26 Å². The van der Waals surface area contributed by atoms with Crippen LogP contribution in [0.3, 0.4) is 0 Å². The van der Waals surface area contributed by atoms with Crippen LogP contribution in [0, 0.1) is 5.41 Å². The molecule has 0 bridgehead atoms. The maximum atomic E-state index is 12.3. The molecular weight excluding hydrogens is 288 g/mol. The van der Waals surface area contributed by atoms with Gasteiger partial charge in [-0.25, -0.2) is 8.42 Å². The van der Waals surface area contributed by atoms with E-state index in [1.54, 1.807) is 0 Å². The zero-order valence-corrected chi connectivity index (χ0v) is 13.7. The summed E-state index contributed by atoms with van der Waals surface area (Å²) in [5.41, 5.74) is -0.0543. The van der Waals surface area contributed by atoms with E-state index in [1.807, 2.05) is 20.8 Å². The van der Waals surface area contributed by atoms with Gasteiger partial charge in [0.2, 0.25) is 5.91 Å². The third kappa shape index (κ3) is 4.61. The lowest BCUT2D eigenvalue weighted by Gasteiger charge is -2.35. The summed E-state index contributed by atoms with van der Waals surface area (Å²) in [4.78, 5) is 12.3. The van der Waals surface area contributed by atoms with Crippen LogP contribution in [0.2, 0.25) is 0 Å². The number of piperidine rings is 1. The van der Waals surface area contributed by atoms with Gasteiger partial charge in [-0.05, 0) is 31.3 Å². The minimum Gasteiger partial charge on any atom is -0.354 e. The van der Waals surface area contributed by atoms with E-state index in [2.05, 4.69) is 10.6 Å². The van der Waals surface area contributed by atoms with Crippen molar-refractivity contribution in [2.75, 3.05) is 25.9 Å². The molecule has 114 valence electrons. The minimum absolute atomic E-state index is 0. The van der Waals surface area contributed by atoms with Crippen LogP contribution >= 0.6 is 12.4 Å². The van der Waals surface area contributed by atoms with Crippen molar-refractivity contribution >= 4 is 28.2 Å². The van der Waals surface area contributed by atoms with E-state index < -0.39 is 14.6 Å². The SMILES string of the molecule is CC(C)(C)CNC(=O)C1(S(C)(=O)=O)CCNCC1.Cl. The van der Waals surface area contributed by atoms with Crippen LogP contribution in [0.25, 0.3) is 0 Å². The van der Waals surface area contributed by atoms with E-state index in [9.17, 15) is 13.2 Å². The van der Waals surface area contributed by atoms with Gasteiger partial charge in [-0.1, -0.05) is 20.8 Å². The first-order valence-electron chi connectivity index (χ1n) is 6.27. The summed E-state index contributed by atoms with van der Waals surface area (Å²) in [7, 11) is -3.41. The Morgan fingerprint density at radius 1 is 1.26 bits per heavy atom. The molecule has 0 spiro atoms. The predicted molar refractivity (Wildman–Crippen MR) is 79.4 cm³/mol. The number of halogens is 1. The van der Waals surface area contributed by atoms with E-state index in [4.69, 9.17) is 0 Å². The highest BCUT2D eigenvalue weighted by Crippen LogP contribution is 2.28. The first-order valence-corrected chi connectivity index (χ1v) is 8.16. The number of amides is 1. The molecule has 0 aromatic rings. The van der Waals surface area contributed by atoms with Crippen LogP contribution in [-0.4, -0.2) is 45.0 Å². The summed E-state index contributed by atoms with van der Waals surface area (Å²) in [6.07, 6.45) is 1.86. The standard InChI is InChI=1S/C12H24N2O3S.ClH/c1-11(2,3)9-14-10(15)12(18(4,16)17)5-7-13-8-6-12;/h13H,5-9H2,1-4H3,(H,14,15);1H. The lowest BCUT2D eigenvalue weighted by atomic mass is 9.93. The summed E-state index contributed by atoms with van der Waals surface area (Å²) < 4.78 is 22.7. The Morgan fingerprint density at radius 3 is 2.11 bits per heavy atom. The zero-order valence-electron chi connectivity index (χ0n) is 12.1. The number of hydrogen-bond acceptors (Lipinski definition) is 4. The number of nitrogens with one attached hydrogen (secondary N) is 2. The largest absolute Gasteiger partial charge is 0.354 e. The van der Waals surface area contributed by atoms with Crippen LogP contribution in [0.1, 0.15) is 33.6 Å². The molecular formula is C12H25ClN2O3S. The Balaban J connectivity index is 0.00000324. The van der Waals surface area contributed by atoms with Gasteiger partial charge in [0.15, 0.2) is 14.6 Å². The molecule has 1 aliphatic heterocycles. The second-order valence-electron chi connectivity index (χ2n) is 6.26. The summed E-state index contributed by atoms with van der Waals surface area (Å²) >= 11 is 0. The fraction of sp³-hybridized carbons (Fsp3) is 0.917. The van der Waals surface area contributed by atoms with Crippen LogP contribution in [0.5, 0.6) is 0 Å². The summed E-state index contributed by atoms with van der Waals surface area (Å²) in [6, 6.07) is 0. The van der Waals surface area contributed by atoms with Gasteiger partial charge in [-0.3, -0.25) is 4.79 Å². The molecule has 7 heteroatoms. The second kappa shape index (κ2) is 6.41. The Labute approximate surface area is 122 Å². The fourth-order valence-corrected chi connectivity index (χ4v) is 3.46. The topological polar surface area (TPSA) is 75.3 Å². The molecule has 2 N–H and O–H groups in total. The molecule has 19 heavy (non-hydrogen) atoms. The van der Waals surface area contributed by atoms with Crippen LogP contribution in [0.15, 0.2) is 0 Å². The van der Waals surface area contributed by atoms with Crippen LogP contribution in [-0.2, 0) is 14.6 Å². The first kappa shape index (κ1) is 18.7. The maximum Gasteiger partial charge on any atom is 0.241 e. The molecule has 0 aliphatic carbocycles. The molecule has 1 aliphatic rings. The number of carbonyl (C=O) groups is 1. The Bertz CT molecular complexity index is 409. The molecule has 0 radical (unpaired) electrons. The van der Waals surface area contributed by atoms with Crippen molar-refractivity contribution in [3.05, 3.63) is 0 Å². The van der Waals surface area contributed by atoms with Gasteiger partial charge in [0.25, 0.3) is 0 Å². The molecule has 5 nitrogen and oxygen atoms in total. The molecule has 1 fully saturated rings. The normalized spacial score (nSPS) is 19.4. The lowest BCUT2D eigenvalue weighted by molar-refractivity contribution is -0.124. The molecule has 0 aromatic heterocycles. The first-order chi connectivity index (χ1) is 8.08. The van der Waals surface area contributed by atoms with Gasteiger partial charge < -0.3 is 10.6 Å². The molecule has 0 aromatic carbocycles. The molecule has 1 rings (SSSR count). The van der Waals surface area contributed by atoms with E-state index >= 15 is 0 Å². The maximum absolute atomic E-state index is 12.3. The molecule has 1 saturated heterocycles. The van der Waals surface area contributed by atoms with Crippen molar-refractivity contribution in [3.63, 3.8) is 0 Å². The van der Waals surface area contributed by atoms with Gasteiger partial charge in [-0.15, -0.1) is 12.4 Å². The van der Waals surface area contributed by atoms with Crippen LogP contribution < -0.4 is 10.6 Å². The van der Waals surface area contributed by atoms with E-state index in [-0.39, 0.29) is 23.7 Å². The third-order valence-electron chi connectivity index (χ3n) is 3.31. The van der Waals surface area contributed by atoms with Crippen molar-refractivity contribution in [1.29, 1.82) is 0 Å². The lowest BCUT2D eigenvalue weighted by Crippen LogP contribution is -2.58. The van der Waals surface area contributed by atoms with Crippen molar-refractivity contribution in [2.45, 2.75) is 38.4 Å². The highest BCUT2D eigenvalue weighted by atomic mass is 35.5. The van der Waals surface area contributed by atoms with Gasteiger partial charge in [-0.2, -0.15) is 0 Å². The minimum atomic E-state index is -3.41. The summed E-state index contributed by atoms with van der Waals surface area (Å²) in [5.74, 6) is -0.346. The van der Waals surface area contributed by atoms with Gasteiger partial charge in [0, 0.05) is 12.8 Å². The van der Waals surface area contributed by atoms with Gasteiger partial charge in [0.05, 0.1) is 0 Å². The smallest absolute Gasteiger partial charge is 0.241 e. The highest BCUT2D eigenvalue weighted by molar-refractivity contribution is 7.92. The number of rotatable bonds is 3. The Kier molecular flexibility index (Phi) is 6.30. The van der Waals surface area contributed by atoms with Crippen molar-refractivity contribution in [2.24, 2.45) is 5.41 Å². The Morgan fingerprint density at radius 2 is 1.74 bits per heavy atom. The second-order valence-corrected chi connectivity index (χ2v) is 8.59.